The maximum Gasteiger partial charge on any atom is 0.407 e. The fourth-order valence-electron chi connectivity index (χ4n) is 3.18. The van der Waals surface area contributed by atoms with Crippen molar-refractivity contribution in [3.8, 4) is 0 Å². The molecule has 0 unspecified atom stereocenters. The zero-order chi connectivity index (χ0) is 23.9. The van der Waals surface area contributed by atoms with Gasteiger partial charge in [0.2, 0.25) is 0 Å². The predicted octanol–water partition coefficient (Wildman–Crippen LogP) is 4.58. The second kappa shape index (κ2) is 11.2. The number of aliphatic hydroxyl groups excluding tert-OH is 1. The predicted molar refractivity (Wildman–Crippen MR) is 122 cm³/mol. The van der Waals surface area contributed by atoms with E-state index >= 15 is 0 Å². The molecular formula is C25H32F2N2O3. The number of carbonyl (C=O) groups is 1. The van der Waals surface area contributed by atoms with Gasteiger partial charge in [0.25, 0.3) is 0 Å². The molecule has 7 heteroatoms. The molecule has 0 fully saturated rings. The fraction of sp³-hybridized carbons (Fsp3) is 0.400. The molecule has 0 saturated heterocycles. The molecule has 0 spiro atoms. The van der Waals surface area contributed by atoms with Gasteiger partial charge < -0.3 is 20.5 Å². The summed E-state index contributed by atoms with van der Waals surface area (Å²) in [7, 11) is 0. The van der Waals surface area contributed by atoms with Crippen molar-refractivity contribution >= 4 is 11.7 Å². The highest BCUT2D eigenvalue weighted by atomic mass is 19.1. The zero-order valence-electron chi connectivity index (χ0n) is 19.0. The first-order chi connectivity index (χ1) is 14.9. The van der Waals surface area contributed by atoms with Crippen LogP contribution in [0.2, 0.25) is 0 Å². The van der Waals surface area contributed by atoms with Crippen LogP contribution in [0, 0.1) is 11.6 Å². The van der Waals surface area contributed by atoms with Gasteiger partial charge in [-0.05, 0) is 62.9 Å². The minimum atomic E-state index is -1.03. The molecule has 0 aliphatic heterocycles. The Balaban J connectivity index is 2.06. The van der Waals surface area contributed by atoms with Gasteiger partial charge in [-0.15, -0.1) is 0 Å². The number of amides is 1. The van der Waals surface area contributed by atoms with Gasteiger partial charge in [0.05, 0.1) is 12.1 Å². The van der Waals surface area contributed by atoms with Crippen LogP contribution in [0.3, 0.4) is 0 Å². The van der Waals surface area contributed by atoms with E-state index < -0.39 is 35.5 Å². The van der Waals surface area contributed by atoms with E-state index in [0.29, 0.717) is 12.1 Å². The number of rotatable bonds is 9. The summed E-state index contributed by atoms with van der Waals surface area (Å²) in [5.74, 6) is -1.44. The molecular weight excluding hydrogens is 414 g/mol. The molecule has 174 valence electrons. The Bertz CT molecular complexity index is 921. The van der Waals surface area contributed by atoms with Gasteiger partial charge in [-0.3, -0.25) is 0 Å². The van der Waals surface area contributed by atoms with Crippen LogP contribution in [-0.2, 0) is 17.7 Å². The van der Waals surface area contributed by atoms with Gasteiger partial charge >= 0.3 is 6.09 Å². The van der Waals surface area contributed by atoms with E-state index in [1.54, 1.807) is 20.8 Å². The molecule has 0 aliphatic rings. The summed E-state index contributed by atoms with van der Waals surface area (Å²) < 4.78 is 32.5. The molecule has 3 N–H and O–H groups in total. The first kappa shape index (κ1) is 25.5. The zero-order valence-corrected chi connectivity index (χ0v) is 19.0. The normalized spacial score (nSPS) is 13.3. The Morgan fingerprint density at radius 1 is 1.12 bits per heavy atom. The van der Waals surface area contributed by atoms with Crippen molar-refractivity contribution in [1.82, 2.24) is 10.6 Å². The van der Waals surface area contributed by atoms with Gasteiger partial charge in [0, 0.05) is 19.2 Å². The largest absolute Gasteiger partial charge is 0.444 e. The smallest absolute Gasteiger partial charge is 0.407 e. The lowest BCUT2D eigenvalue weighted by molar-refractivity contribution is 0.0422. The highest BCUT2D eigenvalue weighted by Crippen LogP contribution is 2.15. The van der Waals surface area contributed by atoms with Gasteiger partial charge in [0.1, 0.15) is 17.2 Å². The third-order valence-corrected chi connectivity index (χ3v) is 4.65. The van der Waals surface area contributed by atoms with Gasteiger partial charge in [-0.25, -0.2) is 13.6 Å². The summed E-state index contributed by atoms with van der Waals surface area (Å²) in [4.78, 5) is 12.3. The molecule has 2 atom stereocenters. The van der Waals surface area contributed by atoms with E-state index in [1.807, 2.05) is 31.2 Å². The number of halogens is 2. The molecule has 1 amide bonds. The lowest BCUT2D eigenvalue weighted by Gasteiger charge is -2.27. The lowest BCUT2D eigenvalue weighted by Crippen LogP contribution is -2.49. The van der Waals surface area contributed by atoms with Crippen LogP contribution >= 0.6 is 0 Å². The Hall–Kier alpha value is -2.77. The highest BCUT2D eigenvalue weighted by molar-refractivity contribution is 5.68. The van der Waals surface area contributed by atoms with Crippen LogP contribution in [0.5, 0.6) is 0 Å². The Kier molecular flexibility index (Phi) is 8.92. The summed E-state index contributed by atoms with van der Waals surface area (Å²) in [6, 6.07) is 10.2. The van der Waals surface area contributed by atoms with Crippen molar-refractivity contribution in [1.29, 1.82) is 0 Å². The number of hydrogen-bond donors (Lipinski definition) is 3. The number of aliphatic hydroxyl groups is 1. The van der Waals surface area contributed by atoms with Crippen LogP contribution in [0.15, 0.2) is 49.0 Å². The van der Waals surface area contributed by atoms with Crippen LogP contribution < -0.4 is 10.6 Å². The molecule has 2 aromatic rings. The van der Waals surface area contributed by atoms with Gasteiger partial charge in [-0.2, -0.15) is 0 Å². The standard InChI is InChI=1S/C25H32F2N2O3/c1-16(2)19-8-6-7-17(9-19)14-28-15-23(30)22(29-24(31)32-25(3,4)5)12-18-10-20(26)13-21(27)11-18/h6-11,13,22-23,28,30H,1,12,14-15H2,2-5H3,(H,29,31)/t22-,23-/m0/s1. The molecule has 0 heterocycles. The summed E-state index contributed by atoms with van der Waals surface area (Å²) >= 11 is 0. The number of carbonyl (C=O) groups excluding carboxylic acids is 1. The molecule has 2 aromatic carbocycles. The van der Waals surface area contributed by atoms with E-state index in [9.17, 15) is 18.7 Å². The van der Waals surface area contributed by atoms with E-state index in [2.05, 4.69) is 17.2 Å². The molecule has 32 heavy (non-hydrogen) atoms. The summed E-state index contributed by atoms with van der Waals surface area (Å²) in [5.41, 5.74) is 2.59. The van der Waals surface area contributed by atoms with Crippen LogP contribution in [-0.4, -0.2) is 35.5 Å². The van der Waals surface area contributed by atoms with E-state index in [4.69, 9.17) is 4.74 Å². The van der Waals surface area contributed by atoms with Gasteiger partial charge in [0.15, 0.2) is 0 Å². The average Bonchev–Trinajstić information content (AvgIpc) is 2.65. The van der Waals surface area contributed by atoms with Crippen LogP contribution in [0.1, 0.15) is 44.4 Å². The number of nitrogens with one attached hydrogen (secondary N) is 2. The second-order valence-electron chi connectivity index (χ2n) is 8.91. The van der Waals surface area contributed by atoms with Crippen molar-refractivity contribution in [3.63, 3.8) is 0 Å². The van der Waals surface area contributed by atoms with E-state index in [1.165, 1.54) is 12.1 Å². The highest BCUT2D eigenvalue weighted by Gasteiger charge is 2.25. The summed E-state index contributed by atoms with van der Waals surface area (Å²) in [6.45, 7) is 11.7. The first-order valence-corrected chi connectivity index (χ1v) is 10.5. The number of benzene rings is 2. The monoisotopic (exact) mass is 446 g/mol. The summed E-state index contributed by atoms with van der Waals surface area (Å²) in [5, 5.41) is 16.5. The molecule has 0 radical (unpaired) electrons. The maximum absolute atomic E-state index is 13.6. The topological polar surface area (TPSA) is 70.6 Å². The first-order valence-electron chi connectivity index (χ1n) is 10.5. The quantitative estimate of drug-likeness (QED) is 0.527. The number of allylic oxidation sites excluding steroid dienone is 1. The second-order valence-corrected chi connectivity index (χ2v) is 8.91. The van der Waals surface area contributed by atoms with Crippen LogP contribution in [0.25, 0.3) is 5.57 Å². The number of alkyl carbamates (subject to hydrolysis) is 1. The third-order valence-electron chi connectivity index (χ3n) is 4.65. The molecule has 0 aliphatic carbocycles. The van der Waals surface area contributed by atoms with Gasteiger partial charge in [-0.1, -0.05) is 36.4 Å². The maximum atomic E-state index is 13.6. The molecule has 2 rings (SSSR count). The average molecular weight is 447 g/mol. The van der Waals surface area contributed by atoms with Crippen molar-refractivity contribution < 1.29 is 23.4 Å². The van der Waals surface area contributed by atoms with Crippen molar-refractivity contribution in [2.24, 2.45) is 0 Å². The SMILES string of the molecule is C=C(C)c1cccc(CNC[C@H](O)[C@H](Cc2cc(F)cc(F)c2)NC(=O)OC(C)(C)C)c1. The summed E-state index contributed by atoms with van der Waals surface area (Å²) in [6.07, 6.45) is -1.71. The molecule has 0 aromatic heterocycles. The number of hydrogen-bond acceptors (Lipinski definition) is 4. The van der Waals surface area contributed by atoms with E-state index in [0.717, 1.165) is 22.8 Å². The number of ether oxygens (including phenoxy) is 1. The minimum Gasteiger partial charge on any atom is -0.444 e. The molecule has 0 bridgehead atoms. The third kappa shape index (κ3) is 8.77. The van der Waals surface area contributed by atoms with Crippen LogP contribution in [0.4, 0.5) is 13.6 Å². The Morgan fingerprint density at radius 3 is 2.38 bits per heavy atom. The Labute approximate surface area is 188 Å². The van der Waals surface area contributed by atoms with Crippen molar-refractivity contribution in [2.75, 3.05) is 6.54 Å². The van der Waals surface area contributed by atoms with Crippen molar-refractivity contribution in [3.05, 3.63) is 77.4 Å². The van der Waals surface area contributed by atoms with E-state index in [-0.39, 0.29) is 13.0 Å². The lowest BCUT2D eigenvalue weighted by atomic mass is 10.0. The Morgan fingerprint density at radius 2 is 1.78 bits per heavy atom. The fourth-order valence-corrected chi connectivity index (χ4v) is 3.18. The molecule has 5 nitrogen and oxygen atoms in total. The van der Waals surface area contributed by atoms with Crippen molar-refractivity contribution in [2.45, 2.75) is 58.4 Å². The molecule has 0 saturated carbocycles. The minimum absolute atomic E-state index is 0.0297.